The van der Waals surface area contributed by atoms with Crippen LogP contribution in [0.3, 0.4) is 0 Å². The topological polar surface area (TPSA) is 66.6 Å². The minimum Gasteiger partial charge on any atom is -0.481 e. The average Bonchev–Trinajstić information content (AvgIpc) is 2.09. The van der Waals surface area contributed by atoms with Gasteiger partial charge in [0.2, 0.25) is 0 Å². The zero-order valence-electron chi connectivity index (χ0n) is 8.12. The van der Waals surface area contributed by atoms with E-state index in [9.17, 15) is 4.79 Å². The van der Waals surface area contributed by atoms with Gasteiger partial charge in [-0.2, -0.15) is 0 Å². The lowest BCUT2D eigenvalue weighted by molar-refractivity contribution is -0.150. The van der Waals surface area contributed by atoms with Crippen LogP contribution in [0.1, 0.15) is 19.8 Å². The van der Waals surface area contributed by atoms with Crippen LogP contribution in [0.2, 0.25) is 0 Å². The maximum atomic E-state index is 10.9. The van der Waals surface area contributed by atoms with Crippen LogP contribution in [0.5, 0.6) is 0 Å². The fraction of sp³-hybridized carbons (Fsp3) is 0.889. The lowest BCUT2D eigenvalue weighted by Gasteiger charge is -2.36. The molecule has 0 aromatic heterocycles. The van der Waals surface area contributed by atoms with Gasteiger partial charge in [-0.25, -0.2) is 0 Å². The van der Waals surface area contributed by atoms with E-state index in [2.05, 4.69) is 4.90 Å². The zero-order valence-corrected chi connectivity index (χ0v) is 8.12. The molecule has 0 saturated carbocycles. The number of hydrogen-bond acceptors (Lipinski definition) is 3. The van der Waals surface area contributed by atoms with Crippen LogP contribution in [0.4, 0.5) is 0 Å². The molecule has 13 heavy (non-hydrogen) atoms. The molecule has 4 heteroatoms. The summed E-state index contributed by atoms with van der Waals surface area (Å²) in [6.45, 7) is 5.09. The molecule has 0 aromatic rings. The summed E-state index contributed by atoms with van der Waals surface area (Å²) in [4.78, 5) is 13.1. The van der Waals surface area contributed by atoms with Gasteiger partial charge in [-0.15, -0.1) is 0 Å². The molecule has 0 aromatic carbocycles. The molecule has 1 saturated heterocycles. The van der Waals surface area contributed by atoms with Crippen molar-refractivity contribution in [3.63, 3.8) is 0 Å². The molecule has 0 bridgehead atoms. The quantitative estimate of drug-likeness (QED) is 0.657. The van der Waals surface area contributed by atoms with Crippen molar-refractivity contribution in [2.45, 2.75) is 19.8 Å². The number of aliphatic carboxylic acids is 1. The van der Waals surface area contributed by atoms with Gasteiger partial charge >= 0.3 is 5.97 Å². The maximum absolute atomic E-state index is 10.9. The number of hydrogen-bond donors (Lipinski definition) is 2. The Bertz CT molecular complexity index is 186. The summed E-state index contributed by atoms with van der Waals surface area (Å²) in [5, 5.41) is 8.97. The van der Waals surface area contributed by atoms with E-state index in [0.29, 0.717) is 6.54 Å². The second-order valence-corrected chi connectivity index (χ2v) is 4.00. The van der Waals surface area contributed by atoms with Crippen molar-refractivity contribution in [2.24, 2.45) is 11.1 Å². The minimum absolute atomic E-state index is 0.509. The Labute approximate surface area is 78.7 Å². The van der Waals surface area contributed by atoms with Crippen LogP contribution in [-0.4, -0.2) is 42.2 Å². The largest absolute Gasteiger partial charge is 0.481 e. The van der Waals surface area contributed by atoms with Gasteiger partial charge in [-0.1, -0.05) is 0 Å². The zero-order chi connectivity index (χ0) is 9.90. The third-order valence-corrected chi connectivity index (χ3v) is 2.92. The van der Waals surface area contributed by atoms with Gasteiger partial charge in [0.05, 0.1) is 5.41 Å². The molecular formula is C9H18N2O2. The number of nitrogens with zero attached hydrogens (tertiary/aromatic N) is 1. The molecule has 4 nitrogen and oxygen atoms in total. The SMILES string of the molecule is CC1(C(=O)O)CCN(CCN)CC1. The summed E-state index contributed by atoms with van der Waals surface area (Å²) in [6.07, 6.45) is 1.48. The first-order chi connectivity index (χ1) is 6.08. The molecule has 1 heterocycles. The Morgan fingerprint density at radius 1 is 1.54 bits per heavy atom. The molecule has 1 fully saturated rings. The molecule has 0 spiro atoms. The molecule has 1 rings (SSSR count). The lowest BCUT2D eigenvalue weighted by Crippen LogP contribution is -2.44. The van der Waals surface area contributed by atoms with E-state index < -0.39 is 11.4 Å². The predicted molar refractivity (Wildman–Crippen MR) is 50.5 cm³/mol. The first-order valence-corrected chi connectivity index (χ1v) is 4.74. The number of carboxylic acids is 1. The van der Waals surface area contributed by atoms with Crippen molar-refractivity contribution in [2.75, 3.05) is 26.2 Å². The van der Waals surface area contributed by atoms with E-state index in [1.54, 1.807) is 0 Å². The highest BCUT2D eigenvalue weighted by Crippen LogP contribution is 2.30. The highest BCUT2D eigenvalue weighted by molar-refractivity contribution is 5.74. The lowest BCUT2D eigenvalue weighted by atomic mass is 9.80. The van der Waals surface area contributed by atoms with E-state index in [1.165, 1.54) is 0 Å². The fourth-order valence-electron chi connectivity index (χ4n) is 1.67. The number of likely N-dealkylation sites (tertiary alicyclic amines) is 1. The maximum Gasteiger partial charge on any atom is 0.309 e. The number of nitrogens with two attached hydrogens (primary N) is 1. The normalized spacial score (nSPS) is 22.9. The molecule has 1 aliphatic heterocycles. The standard InChI is InChI=1S/C9H18N2O2/c1-9(8(12)13)2-5-11(6-3-9)7-4-10/h2-7,10H2,1H3,(H,12,13). The minimum atomic E-state index is -0.667. The first-order valence-electron chi connectivity index (χ1n) is 4.74. The summed E-state index contributed by atoms with van der Waals surface area (Å²) in [7, 11) is 0. The van der Waals surface area contributed by atoms with E-state index in [1.807, 2.05) is 6.92 Å². The Hall–Kier alpha value is -0.610. The molecule has 0 unspecified atom stereocenters. The van der Waals surface area contributed by atoms with Crippen molar-refractivity contribution in [1.29, 1.82) is 0 Å². The molecule has 0 amide bonds. The van der Waals surface area contributed by atoms with Crippen molar-refractivity contribution in [3.8, 4) is 0 Å². The molecule has 0 atom stereocenters. The summed E-state index contributed by atoms with van der Waals surface area (Å²) in [5.41, 5.74) is 4.92. The Kier molecular flexibility index (Phi) is 3.27. The van der Waals surface area contributed by atoms with Crippen LogP contribution in [-0.2, 0) is 4.79 Å². The van der Waals surface area contributed by atoms with Crippen molar-refractivity contribution in [1.82, 2.24) is 4.90 Å². The summed E-state index contributed by atoms with van der Waals surface area (Å²) >= 11 is 0. The summed E-state index contributed by atoms with van der Waals surface area (Å²) in [6, 6.07) is 0. The number of carboxylic acid groups (broad SMARTS) is 1. The Morgan fingerprint density at radius 3 is 2.46 bits per heavy atom. The van der Waals surface area contributed by atoms with Crippen LogP contribution < -0.4 is 5.73 Å². The van der Waals surface area contributed by atoms with Crippen molar-refractivity contribution in [3.05, 3.63) is 0 Å². The van der Waals surface area contributed by atoms with E-state index in [0.717, 1.165) is 32.5 Å². The third-order valence-electron chi connectivity index (χ3n) is 2.92. The van der Waals surface area contributed by atoms with Gasteiger partial charge in [-0.05, 0) is 32.9 Å². The Morgan fingerprint density at radius 2 is 2.08 bits per heavy atom. The van der Waals surface area contributed by atoms with Gasteiger partial charge in [-0.3, -0.25) is 4.79 Å². The summed E-state index contributed by atoms with van der Waals surface area (Å²) in [5.74, 6) is -0.667. The second kappa shape index (κ2) is 4.07. The highest BCUT2D eigenvalue weighted by Gasteiger charge is 2.36. The van der Waals surface area contributed by atoms with Gasteiger partial charge < -0.3 is 15.7 Å². The average molecular weight is 186 g/mol. The molecule has 0 aliphatic carbocycles. The van der Waals surface area contributed by atoms with E-state index in [4.69, 9.17) is 10.8 Å². The predicted octanol–water partition coefficient (Wildman–Crippen LogP) is 0.132. The Balaban J connectivity index is 2.42. The fourth-order valence-corrected chi connectivity index (χ4v) is 1.67. The number of rotatable bonds is 3. The van der Waals surface area contributed by atoms with E-state index in [-0.39, 0.29) is 0 Å². The van der Waals surface area contributed by atoms with Crippen LogP contribution in [0.15, 0.2) is 0 Å². The van der Waals surface area contributed by atoms with Crippen LogP contribution in [0.25, 0.3) is 0 Å². The summed E-state index contributed by atoms with van der Waals surface area (Å²) < 4.78 is 0. The molecule has 76 valence electrons. The molecule has 1 aliphatic rings. The van der Waals surface area contributed by atoms with Crippen LogP contribution in [0, 0.1) is 5.41 Å². The van der Waals surface area contributed by atoms with Crippen molar-refractivity contribution >= 4 is 5.97 Å². The van der Waals surface area contributed by atoms with Crippen LogP contribution >= 0.6 is 0 Å². The molecule has 0 radical (unpaired) electrons. The van der Waals surface area contributed by atoms with Gasteiger partial charge in [0, 0.05) is 13.1 Å². The number of carbonyl (C=O) groups is 1. The monoisotopic (exact) mass is 186 g/mol. The van der Waals surface area contributed by atoms with Gasteiger partial charge in [0.1, 0.15) is 0 Å². The number of piperidine rings is 1. The molecule has 3 N–H and O–H groups in total. The highest BCUT2D eigenvalue weighted by atomic mass is 16.4. The molecular weight excluding hydrogens is 168 g/mol. The third kappa shape index (κ3) is 2.42. The van der Waals surface area contributed by atoms with Gasteiger partial charge in [0.15, 0.2) is 0 Å². The second-order valence-electron chi connectivity index (χ2n) is 4.00. The van der Waals surface area contributed by atoms with Gasteiger partial charge in [0.25, 0.3) is 0 Å². The first kappa shape index (κ1) is 10.5. The van der Waals surface area contributed by atoms with E-state index >= 15 is 0 Å². The van der Waals surface area contributed by atoms with Crippen molar-refractivity contribution < 1.29 is 9.90 Å². The smallest absolute Gasteiger partial charge is 0.309 e.